The van der Waals surface area contributed by atoms with Gasteiger partial charge in [0.05, 0.1) is 10.6 Å². The quantitative estimate of drug-likeness (QED) is 0.649. The molecule has 2 aromatic rings. The molecule has 0 atom stereocenters. The van der Waals surface area contributed by atoms with Crippen molar-refractivity contribution in [3.05, 3.63) is 44.4 Å². The number of nitro benzene ring substituents is 1. The van der Waals surface area contributed by atoms with Gasteiger partial charge in [-0.05, 0) is 34.8 Å². The van der Waals surface area contributed by atoms with Crippen molar-refractivity contribution in [1.29, 1.82) is 0 Å². The predicted octanol–water partition coefficient (Wildman–Crippen LogP) is 2.61. The fourth-order valence-corrected chi connectivity index (χ4v) is 2.16. The number of amides is 1. The van der Waals surface area contributed by atoms with Gasteiger partial charge in [0.25, 0.3) is 11.6 Å². The number of nitro groups is 1. The van der Waals surface area contributed by atoms with Crippen LogP contribution in [0.5, 0.6) is 0 Å². The van der Waals surface area contributed by atoms with Gasteiger partial charge in [-0.15, -0.1) is 5.10 Å². The van der Waals surface area contributed by atoms with Crippen LogP contribution in [0.4, 0.5) is 11.4 Å². The van der Waals surface area contributed by atoms with E-state index >= 15 is 0 Å². The van der Waals surface area contributed by atoms with Gasteiger partial charge < -0.3 is 5.32 Å². The van der Waals surface area contributed by atoms with E-state index in [0.29, 0.717) is 21.9 Å². The number of carbonyl (C=O) groups is 1. The number of rotatable bonds is 4. The number of halogens is 1. The standard InChI is InChI=1S/C12H10BrN5O3/c13-8-4-3-7(18(20)21)5-9(8)14-12(19)11-15-10(16-17-11)6-1-2-6/h3-6H,1-2H2,(H,14,19)(H,15,16,17). The highest BCUT2D eigenvalue weighted by Gasteiger charge is 2.28. The van der Waals surface area contributed by atoms with Crippen molar-refractivity contribution < 1.29 is 9.72 Å². The minimum absolute atomic E-state index is 0.0234. The molecule has 21 heavy (non-hydrogen) atoms. The lowest BCUT2D eigenvalue weighted by Gasteiger charge is -2.04. The van der Waals surface area contributed by atoms with Crippen molar-refractivity contribution in [3.8, 4) is 0 Å². The summed E-state index contributed by atoms with van der Waals surface area (Å²) >= 11 is 3.23. The van der Waals surface area contributed by atoms with E-state index in [-0.39, 0.29) is 11.5 Å². The monoisotopic (exact) mass is 351 g/mol. The number of aromatic amines is 1. The number of H-pyrrole nitrogens is 1. The maximum atomic E-state index is 12.1. The summed E-state index contributed by atoms with van der Waals surface area (Å²) in [5.74, 6) is 0.580. The molecule has 1 amide bonds. The van der Waals surface area contributed by atoms with Crippen molar-refractivity contribution >= 4 is 33.2 Å². The Kier molecular flexibility index (Phi) is 3.42. The van der Waals surface area contributed by atoms with Crippen LogP contribution in [0.3, 0.4) is 0 Å². The molecule has 1 fully saturated rings. The maximum Gasteiger partial charge on any atom is 0.295 e. The normalized spacial score (nSPS) is 14.0. The van der Waals surface area contributed by atoms with Gasteiger partial charge >= 0.3 is 0 Å². The summed E-state index contributed by atoms with van der Waals surface area (Å²) in [6.45, 7) is 0. The molecule has 1 aliphatic carbocycles. The van der Waals surface area contributed by atoms with Gasteiger partial charge in [0.2, 0.25) is 5.82 Å². The minimum Gasteiger partial charge on any atom is -0.318 e. The number of carbonyl (C=O) groups excluding carboxylic acids is 1. The second-order valence-corrected chi connectivity index (χ2v) is 5.55. The molecule has 1 saturated carbocycles. The van der Waals surface area contributed by atoms with Crippen LogP contribution in [0, 0.1) is 10.1 Å². The summed E-state index contributed by atoms with van der Waals surface area (Å²) in [6.07, 6.45) is 2.10. The average Bonchev–Trinajstić information content (AvgIpc) is 3.18. The molecule has 1 aromatic heterocycles. The molecule has 0 aliphatic heterocycles. The second-order valence-electron chi connectivity index (χ2n) is 4.69. The molecular formula is C12H10BrN5O3. The van der Waals surface area contributed by atoms with E-state index < -0.39 is 10.8 Å². The molecule has 2 N–H and O–H groups in total. The first kappa shape index (κ1) is 13.7. The van der Waals surface area contributed by atoms with Gasteiger partial charge in [0.15, 0.2) is 0 Å². The Morgan fingerprint density at radius 3 is 2.90 bits per heavy atom. The fourth-order valence-electron chi connectivity index (χ4n) is 1.82. The van der Waals surface area contributed by atoms with Crippen LogP contribution in [-0.2, 0) is 0 Å². The molecule has 3 rings (SSSR count). The molecule has 0 saturated heterocycles. The number of nitrogens with zero attached hydrogens (tertiary/aromatic N) is 3. The lowest BCUT2D eigenvalue weighted by atomic mass is 10.3. The first-order valence-corrected chi connectivity index (χ1v) is 7.01. The molecule has 9 heteroatoms. The summed E-state index contributed by atoms with van der Waals surface area (Å²) in [5.41, 5.74) is 0.189. The number of aromatic nitrogens is 3. The largest absolute Gasteiger partial charge is 0.318 e. The van der Waals surface area contributed by atoms with Crippen LogP contribution < -0.4 is 5.32 Å². The van der Waals surface area contributed by atoms with E-state index in [2.05, 4.69) is 36.4 Å². The van der Waals surface area contributed by atoms with Crippen LogP contribution >= 0.6 is 15.9 Å². The number of nitrogens with one attached hydrogen (secondary N) is 2. The summed E-state index contributed by atoms with van der Waals surface area (Å²) in [6, 6.07) is 4.12. The molecule has 0 radical (unpaired) electrons. The van der Waals surface area contributed by atoms with Crippen LogP contribution in [0.1, 0.15) is 35.2 Å². The zero-order valence-corrected chi connectivity index (χ0v) is 12.3. The third-order valence-corrected chi connectivity index (χ3v) is 3.77. The Morgan fingerprint density at radius 2 is 2.24 bits per heavy atom. The number of non-ortho nitro benzene ring substituents is 1. The van der Waals surface area contributed by atoms with E-state index in [0.717, 1.165) is 12.8 Å². The lowest BCUT2D eigenvalue weighted by molar-refractivity contribution is -0.384. The smallest absolute Gasteiger partial charge is 0.295 e. The van der Waals surface area contributed by atoms with Gasteiger partial charge in [-0.1, -0.05) is 0 Å². The number of hydrogen-bond donors (Lipinski definition) is 2. The third kappa shape index (κ3) is 2.92. The Morgan fingerprint density at radius 1 is 1.48 bits per heavy atom. The first-order chi connectivity index (χ1) is 10.0. The van der Waals surface area contributed by atoms with E-state index in [4.69, 9.17) is 0 Å². The predicted molar refractivity (Wildman–Crippen MR) is 77.1 cm³/mol. The summed E-state index contributed by atoms with van der Waals surface area (Å²) in [7, 11) is 0. The van der Waals surface area contributed by atoms with Crippen molar-refractivity contribution in [3.63, 3.8) is 0 Å². The number of anilines is 1. The van der Waals surface area contributed by atoms with Crippen LogP contribution in [0.15, 0.2) is 22.7 Å². The summed E-state index contributed by atoms with van der Waals surface area (Å²) in [4.78, 5) is 26.4. The topological polar surface area (TPSA) is 114 Å². The molecule has 0 spiro atoms. The molecule has 0 unspecified atom stereocenters. The van der Waals surface area contributed by atoms with E-state index in [1.165, 1.54) is 18.2 Å². The minimum atomic E-state index is -0.528. The van der Waals surface area contributed by atoms with Gasteiger partial charge in [0, 0.05) is 22.5 Å². The first-order valence-electron chi connectivity index (χ1n) is 6.22. The summed E-state index contributed by atoms with van der Waals surface area (Å²) < 4.78 is 0.541. The highest BCUT2D eigenvalue weighted by atomic mass is 79.9. The van der Waals surface area contributed by atoms with E-state index in [1.54, 1.807) is 0 Å². The molecule has 108 valence electrons. The Labute approximate surface area is 127 Å². The van der Waals surface area contributed by atoms with E-state index in [9.17, 15) is 14.9 Å². The zero-order valence-electron chi connectivity index (χ0n) is 10.7. The molecule has 1 aliphatic rings. The SMILES string of the molecule is O=C(Nc1cc([N+](=O)[O-])ccc1Br)c1n[nH]c(C2CC2)n1. The molecule has 1 aromatic carbocycles. The van der Waals surface area contributed by atoms with Gasteiger partial charge in [0.1, 0.15) is 5.82 Å². The second kappa shape index (κ2) is 5.24. The zero-order chi connectivity index (χ0) is 15.0. The molecular weight excluding hydrogens is 342 g/mol. The van der Waals surface area contributed by atoms with Crippen molar-refractivity contribution in [2.75, 3.05) is 5.32 Å². The fraction of sp³-hybridized carbons (Fsp3) is 0.250. The lowest BCUT2D eigenvalue weighted by Crippen LogP contribution is -2.14. The Bertz CT molecular complexity index is 725. The highest BCUT2D eigenvalue weighted by Crippen LogP contribution is 2.37. The third-order valence-electron chi connectivity index (χ3n) is 3.08. The maximum absolute atomic E-state index is 12.1. The highest BCUT2D eigenvalue weighted by molar-refractivity contribution is 9.10. The van der Waals surface area contributed by atoms with Crippen molar-refractivity contribution in [2.45, 2.75) is 18.8 Å². The van der Waals surface area contributed by atoms with Crippen LogP contribution in [-0.4, -0.2) is 26.0 Å². The Balaban J connectivity index is 1.79. The summed E-state index contributed by atoms with van der Waals surface area (Å²) in [5, 5.41) is 19.9. The average molecular weight is 352 g/mol. The number of hydrogen-bond acceptors (Lipinski definition) is 5. The molecule has 8 nitrogen and oxygen atoms in total. The van der Waals surface area contributed by atoms with E-state index in [1.807, 2.05) is 0 Å². The van der Waals surface area contributed by atoms with Gasteiger partial charge in [-0.3, -0.25) is 20.0 Å². The molecule has 1 heterocycles. The Hall–Kier alpha value is -2.29. The number of benzene rings is 1. The van der Waals surface area contributed by atoms with Crippen molar-refractivity contribution in [1.82, 2.24) is 15.2 Å². The molecule has 0 bridgehead atoms. The van der Waals surface area contributed by atoms with Crippen LogP contribution in [0.25, 0.3) is 0 Å². The van der Waals surface area contributed by atoms with Crippen LogP contribution in [0.2, 0.25) is 0 Å². The van der Waals surface area contributed by atoms with Gasteiger partial charge in [-0.25, -0.2) is 4.98 Å². The van der Waals surface area contributed by atoms with Gasteiger partial charge in [-0.2, -0.15) is 0 Å². The van der Waals surface area contributed by atoms with Crippen molar-refractivity contribution in [2.24, 2.45) is 0 Å².